The van der Waals surface area contributed by atoms with Gasteiger partial charge in [-0.2, -0.15) is 0 Å². The second kappa shape index (κ2) is 8.48. The average molecular weight is 349 g/mol. The molecule has 134 valence electrons. The van der Waals surface area contributed by atoms with Crippen LogP contribution in [0.2, 0.25) is 0 Å². The molecule has 0 spiro atoms. The Morgan fingerprint density at radius 3 is 2.12 bits per heavy atom. The van der Waals surface area contributed by atoms with E-state index in [9.17, 15) is 14.7 Å². The van der Waals surface area contributed by atoms with Crippen molar-refractivity contribution in [2.75, 3.05) is 0 Å². The molecule has 0 bridgehead atoms. The monoisotopic (exact) mass is 349 g/mol. The number of hydrogen-bond acceptors (Lipinski definition) is 3. The number of ketones is 1. The van der Waals surface area contributed by atoms with Crippen molar-refractivity contribution in [2.24, 2.45) is 0 Å². The molecule has 4 heteroatoms. The van der Waals surface area contributed by atoms with Crippen LogP contribution in [0, 0.1) is 0 Å². The van der Waals surface area contributed by atoms with E-state index in [0.717, 1.165) is 24.0 Å². The van der Waals surface area contributed by atoms with Gasteiger partial charge in [0.2, 0.25) is 0 Å². The van der Waals surface area contributed by atoms with Gasteiger partial charge in [-0.15, -0.1) is 0 Å². The van der Waals surface area contributed by atoms with Crippen LogP contribution in [-0.4, -0.2) is 22.8 Å². The van der Waals surface area contributed by atoms with Crippen LogP contribution in [0.1, 0.15) is 30.4 Å². The number of amides is 1. The van der Waals surface area contributed by atoms with Crippen LogP contribution in [0.3, 0.4) is 0 Å². The predicted octanol–water partition coefficient (Wildman–Crippen LogP) is 3.52. The van der Waals surface area contributed by atoms with Gasteiger partial charge >= 0.3 is 0 Å². The van der Waals surface area contributed by atoms with E-state index in [1.165, 1.54) is 0 Å². The van der Waals surface area contributed by atoms with Gasteiger partial charge in [0, 0.05) is 6.42 Å². The third-order valence-corrected chi connectivity index (χ3v) is 4.67. The summed E-state index contributed by atoms with van der Waals surface area (Å²) in [4.78, 5) is 24.5. The first kappa shape index (κ1) is 17.9. The average Bonchev–Trinajstić information content (AvgIpc) is 2.95. The lowest BCUT2D eigenvalue weighted by atomic mass is 10.00. The summed E-state index contributed by atoms with van der Waals surface area (Å²) in [6, 6.07) is 19.3. The zero-order valence-corrected chi connectivity index (χ0v) is 14.7. The van der Waals surface area contributed by atoms with Crippen LogP contribution >= 0.6 is 0 Å². The van der Waals surface area contributed by atoms with Gasteiger partial charge in [-0.05, 0) is 36.8 Å². The zero-order valence-electron chi connectivity index (χ0n) is 14.7. The molecule has 26 heavy (non-hydrogen) atoms. The first-order chi connectivity index (χ1) is 12.6. The van der Waals surface area contributed by atoms with Gasteiger partial charge in [0.05, 0.1) is 6.04 Å². The van der Waals surface area contributed by atoms with E-state index >= 15 is 0 Å². The molecule has 0 saturated heterocycles. The quantitative estimate of drug-likeness (QED) is 0.717. The molecule has 2 aromatic carbocycles. The molecule has 4 nitrogen and oxygen atoms in total. The van der Waals surface area contributed by atoms with Crippen molar-refractivity contribution >= 4 is 11.7 Å². The number of aliphatic hydroxyl groups excluding tert-OH is 1. The van der Waals surface area contributed by atoms with Crippen molar-refractivity contribution in [1.29, 1.82) is 0 Å². The molecule has 0 saturated carbocycles. The number of carbonyl (C=O) groups is 2. The highest BCUT2D eigenvalue weighted by atomic mass is 16.3. The number of aryl methyl sites for hydroxylation is 2. The molecule has 1 atom stereocenters. The van der Waals surface area contributed by atoms with E-state index in [0.29, 0.717) is 12.8 Å². The number of benzene rings is 2. The Morgan fingerprint density at radius 1 is 0.923 bits per heavy atom. The molecule has 1 amide bonds. The van der Waals surface area contributed by atoms with Crippen LogP contribution in [0.5, 0.6) is 0 Å². The lowest BCUT2D eigenvalue weighted by molar-refractivity contribution is -0.122. The highest BCUT2D eigenvalue weighted by Crippen LogP contribution is 2.22. The van der Waals surface area contributed by atoms with E-state index in [1.807, 2.05) is 60.7 Å². The molecule has 1 aliphatic rings. The number of aliphatic hydroxyl groups is 1. The maximum absolute atomic E-state index is 12.4. The number of hydrogen-bond donors (Lipinski definition) is 2. The summed E-state index contributed by atoms with van der Waals surface area (Å²) in [5, 5.41) is 13.1. The first-order valence-corrected chi connectivity index (χ1v) is 9.00. The molecule has 2 aromatic rings. The largest absolute Gasteiger partial charge is 0.509 e. The maximum Gasteiger partial charge on any atom is 0.259 e. The Morgan fingerprint density at radius 2 is 1.50 bits per heavy atom. The summed E-state index contributed by atoms with van der Waals surface area (Å²) >= 11 is 0. The molecular weight excluding hydrogens is 326 g/mol. The second-order valence-corrected chi connectivity index (χ2v) is 6.57. The summed E-state index contributed by atoms with van der Waals surface area (Å²) in [6.45, 7) is 0. The molecule has 0 radical (unpaired) electrons. The third kappa shape index (κ3) is 4.39. The van der Waals surface area contributed by atoms with Gasteiger partial charge in [0.25, 0.3) is 5.91 Å². The molecule has 1 heterocycles. The number of carbonyl (C=O) groups excluding carboxylic acids is 2. The van der Waals surface area contributed by atoms with Gasteiger partial charge < -0.3 is 10.4 Å². The van der Waals surface area contributed by atoms with Crippen molar-refractivity contribution < 1.29 is 14.7 Å². The van der Waals surface area contributed by atoms with E-state index < -0.39 is 11.9 Å². The van der Waals surface area contributed by atoms with Gasteiger partial charge in [-0.1, -0.05) is 60.7 Å². The fourth-order valence-electron chi connectivity index (χ4n) is 3.25. The van der Waals surface area contributed by atoms with Gasteiger partial charge in [0.1, 0.15) is 11.3 Å². The van der Waals surface area contributed by atoms with Crippen LogP contribution < -0.4 is 5.32 Å². The van der Waals surface area contributed by atoms with E-state index in [1.54, 1.807) is 0 Å². The lowest BCUT2D eigenvalue weighted by Gasteiger charge is -2.10. The summed E-state index contributed by atoms with van der Waals surface area (Å²) in [5.41, 5.74) is 2.24. The Hall–Kier alpha value is -2.88. The summed E-state index contributed by atoms with van der Waals surface area (Å²) in [7, 11) is 0. The minimum absolute atomic E-state index is 0.0591. The molecule has 0 aliphatic carbocycles. The van der Waals surface area contributed by atoms with Crippen molar-refractivity contribution in [2.45, 2.75) is 38.1 Å². The zero-order chi connectivity index (χ0) is 18.4. The Kier molecular flexibility index (Phi) is 5.84. The Labute approximate surface area is 153 Å². The van der Waals surface area contributed by atoms with Gasteiger partial charge in [0.15, 0.2) is 5.78 Å². The second-order valence-electron chi connectivity index (χ2n) is 6.57. The Bertz CT molecular complexity index is 797. The standard InChI is InChI=1S/C22H23NO3/c24-19(13-7-12-16-8-3-1-4-9-16)20-21(25)18(23-22(20)26)15-14-17-10-5-2-6-11-17/h1-6,8-11,18,25H,7,12-15H2,(H,23,26). The molecule has 2 N–H and O–H groups in total. The third-order valence-electron chi connectivity index (χ3n) is 4.67. The van der Waals surface area contributed by atoms with Crippen LogP contribution in [0.25, 0.3) is 0 Å². The van der Waals surface area contributed by atoms with Crippen molar-refractivity contribution in [1.82, 2.24) is 5.32 Å². The van der Waals surface area contributed by atoms with Crippen LogP contribution in [0.15, 0.2) is 72.0 Å². The van der Waals surface area contributed by atoms with E-state index in [2.05, 4.69) is 5.32 Å². The molecule has 3 rings (SSSR count). The summed E-state index contributed by atoms with van der Waals surface area (Å²) in [6.07, 6.45) is 2.99. The van der Waals surface area contributed by atoms with E-state index in [-0.39, 0.29) is 23.5 Å². The number of Topliss-reactive ketones (excluding diaryl/α,β-unsaturated/α-hetero) is 1. The minimum Gasteiger partial charge on any atom is -0.509 e. The molecule has 0 aromatic heterocycles. The lowest BCUT2D eigenvalue weighted by Crippen LogP contribution is -2.30. The fraction of sp³-hybridized carbons (Fsp3) is 0.273. The smallest absolute Gasteiger partial charge is 0.259 e. The molecule has 1 unspecified atom stereocenters. The normalized spacial score (nSPS) is 16.6. The van der Waals surface area contributed by atoms with Crippen molar-refractivity contribution in [3.63, 3.8) is 0 Å². The topological polar surface area (TPSA) is 66.4 Å². The van der Waals surface area contributed by atoms with E-state index in [4.69, 9.17) is 0 Å². The molecular formula is C22H23NO3. The Balaban J connectivity index is 1.55. The summed E-state index contributed by atoms with van der Waals surface area (Å²) in [5.74, 6) is -0.834. The van der Waals surface area contributed by atoms with Crippen molar-refractivity contribution in [3.8, 4) is 0 Å². The minimum atomic E-state index is -0.476. The summed E-state index contributed by atoms with van der Waals surface area (Å²) < 4.78 is 0. The molecule has 0 fully saturated rings. The van der Waals surface area contributed by atoms with Gasteiger partial charge in [-0.3, -0.25) is 9.59 Å². The van der Waals surface area contributed by atoms with Crippen molar-refractivity contribution in [3.05, 3.63) is 83.1 Å². The first-order valence-electron chi connectivity index (χ1n) is 9.00. The number of nitrogens with one attached hydrogen (secondary N) is 1. The SMILES string of the molecule is O=C(CCCc1ccccc1)C1=C(O)C(CCc2ccccc2)NC1=O. The fourth-order valence-corrected chi connectivity index (χ4v) is 3.25. The highest BCUT2D eigenvalue weighted by molar-refractivity contribution is 6.21. The van der Waals surface area contributed by atoms with Gasteiger partial charge in [-0.25, -0.2) is 0 Å². The van der Waals surface area contributed by atoms with Crippen LogP contribution in [0.4, 0.5) is 0 Å². The highest BCUT2D eigenvalue weighted by Gasteiger charge is 2.35. The maximum atomic E-state index is 12.4. The predicted molar refractivity (Wildman–Crippen MR) is 101 cm³/mol. The van der Waals surface area contributed by atoms with Crippen LogP contribution in [-0.2, 0) is 22.4 Å². The molecule has 1 aliphatic heterocycles. The number of rotatable bonds is 8.